The number of carbonyl (C=O) groups excluding carboxylic acids is 1. The fraction of sp³-hybridized carbons (Fsp3) is 0.0588. The van der Waals surface area contributed by atoms with E-state index in [0.717, 1.165) is 20.9 Å². The zero-order valence-electron chi connectivity index (χ0n) is 14.0. The monoisotopic (exact) mass is 479 g/mol. The van der Waals surface area contributed by atoms with Crippen LogP contribution in [0.1, 0.15) is 15.9 Å². The lowest BCUT2D eigenvalue weighted by atomic mass is 10.1. The number of halogens is 1. The van der Waals surface area contributed by atoms with Gasteiger partial charge in [-0.05, 0) is 59.3 Å². The molecule has 0 unspecified atom stereocenters. The van der Waals surface area contributed by atoms with Gasteiger partial charge >= 0.3 is 0 Å². The maximum Gasteiger partial charge on any atom is 0.294 e. The first kappa shape index (κ1) is 18.8. The van der Waals surface area contributed by atoms with Crippen molar-refractivity contribution in [3.8, 4) is 5.69 Å². The van der Waals surface area contributed by atoms with Gasteiger partial charge in [-0.15, -0.1) is 0 Å². The summed E-state index contributed by atoms with van der Waals surface area (Å²) in [6.07, 6.45) is 4.48. The van der Waals surface area contributed by atoms with Crippen molar-refractivity contribution in [3.63, 3.8) is 0 Å². The molecule has 3 aromatic rings. The molecule has 0 atom stereocenters. The summed E-state index contributed by atoms with van der Waals surface area (Å²) in [7, 11) is 0. The highest BCUT2D eigenvalue weighted by molar-refractivity contribution is 14.1. The summed E-state index contributed by atoms with van der Waals surface area (Å²) in [5.74, 6) is -0.860. The molecule has 0 aliphatic carbocycles. The van der Waals surface area contributed by atoms with Crippen LogP contribution in [0.5, 0.6) is 0 Å². The maximum absolute atomic E-state index is 12.1. The van der Waals surface area contributed by atoms with Gasteiger partial charge in [-0.25, -0.2) is 10.5 Å². The Bertz CT molecular complexity index is 1020. The third-order valence-corrected chi connectivity index (χ3v) is 4.57. The van der Waals surface area contributed by atoms with Crippen LogP contribution in [0.3, 0.4) is 0 Å². The van der Waals surface area contributed by atoms with Gasteiger partial charge in [-0.3, -0.25) is 20.1 Å². The second-order valence-electron chi connectivity index (χ2n) is 5.64. The fourth-order valence-corrected chi connectivity index (χ4v) is 3.24. The number of aryl methyl sites for hydroxylation is 1. The Hall–Kier alpha value is -2.99. The first-order valence-corrected chi connectivity index (χ1v) is 8.77. The molecule has 0 aliphatic heterocycles. The van der Waals surface area contributed by atoms with Crippen LogP contribution >= 0.6 is 22.6 Å². The number of aromatic nitrogens is 2. The zero-order chi connectivity index (χ0) is 19.6. The number of nitrogens with zero attached hydrogens (tertiary/aromatic N) is 3. The Kier molecular flexibility index (Phi) is 5.37. The summed E-state index contributed by atoms with van der Waals surface area (Å²) in [4.78, 5) is 26.9. The average molecular weight is 479 g/mol. The van der Waals surface area contributed by atoms with Gasteiger partial charge in [0.2, 0.25) is 0 Å². The molecule has 1 amide bonds. The molecule has 10 heteroatoms. The van der Waals surface area contributed by atoms with Crippen molar-refractivity contribution in [2.75, 3.05) is 5.32 Å². The van der Waals surface area contributed by atoms with Crippen molar-refractivity contribution in [2.24, 2.45) is 0 Å². The van der Waals surface area contributed by atoms with Crippen LogP contribution < -0.4 is 10.8 Å². The Morgan fingerprint density at radius 3 is 2.67 bits per heavy atom. The number of rotatable bonds is 5. The molecule has 3 rings (SSSR count). The van der Waals surface area contributed by atoms with Crippen molar-refractivity contribution in [3.05, 3.63) is 73.9 Å². The minimum atomic E-state index is -0.860. The predicted molar refractivity (Wildman–Crippen MR) is 107 cm³/mol. The maximum atomic E-state index is 12.1. The molecule has 9 nitrogen and oxygen atoms in total. The predicted octanol–water partition coefficient (Wildman–Crippen LogP) is 3.56. The number of benzene rings is 2. The molecule has 0 radical (unpaired) electrons. The van der Waals surface area contributed by atoms with Gasteiger partial charge in [0.25, 0.3) is 11.6 Å². The molecule has 138 valence electrons. The number of anilines is 2. The largest absolute Gasteiger partial charge is 0.355 e. The van der Waals surface area contributed by atoms with Crippen LogP contribution in [-0.2, 0) is 0 Å². The quantitative estimate of drug-likeness (QED) is 0.223. The average Bonchev–Trinajstić information content (AvgIpc) is 3.17. The van der Waals surface area contributed by atoms with Crippen LogP contribution in [0, 0.1) is 20.6 Å². The lowest BCUT2D eigenvalue weighted by molar-refractivity contribution is -0.384. The van der Waals surface area contributed by atoms with Crippen molar-refractivity contribution < 1.29 is 14.9 Å². The number of nitro benzene ring substituents is 1. The zero-order valence-corrected chi connectivity index (χ0v) is 16.2. The molecule has 27 heavy (non-hydrogen) atoms. The molecule has 0 saturated heterocycles. The van der Waals surface area contributed by atoms with E-state index in [9.17, 15) is 14.9 Å². The van der Waals surface area contributed by atoms with Crippen molar-refractivity contribution in [1.29, 1.82) is 0 Å². The minimum absolute atomic E-state index is 0.0639. The smallest absolute Gasteiger partial charge is 0.294 e. The van der Waals surface area contributed by atoms with Crippen LogP contribution in [0.25, 0.3) is 5.69 Å². The summed E-state index contributed by atoms with van der Waals surface area (Å²) in [6, 6.07) is 8.28. The van der Waals surface area contributed by atoms with Crippen molar-refractivity contribution in [1.82, 2.24) is 15.0 Å². The SMILES string of the molecule is Cc1cc(I)ccc1Nc1cc(-n2ccnc2)c([N+](=O)[O-])cc1C(=O)NO. The van der Waals surface area contributed by atoms with Gasteiger partial charge < -0.3 is 9.88 Å². The summed E-state index contributed by atoms with van der Waals surface area (Å²) in [5, 5.41) is 23.7. The first-order chi connectivity index (χ1) is 12.9. The number of amides is 1. The third kappa shape index (κ3) is 3.90. The normalized spacial score (nSPS) is 10.5. The Morgan fingerprint density at radius 1 is 1.30 bits per heavy atom. The lowest BCUT2D eigenvalue weighted by Gasteiger charge is -2.15. The highest BCUT2D eigenvalue weighted by Crippen LogP contribution is 2.33. The van der Waals surface area contributed by atoms with E-state index in [4.69, 9.17) is 5.21 Å². The molecular weight excluding hydrogens is 465 g/mol. The second-order valence-corrected chi connectivity index (χ2v) is 6.88. The molecule has 1 aromatic heterocycles. The number of carbonyl (C=O) groups is 1. The van der Waals surface area contributed by atoms with Gasteiger partial charge in [0.05, 0.1) is 22.5 Å². The number of nitro groups is 1. The van der Waals surface area contributed by atoms with Gasteiger partial charge in [-0.1, -0.05) is 0 Å². The standard InChI is InChI=1S/C17H14IN5O4/c1-10-6-11(18)2-3-13(10)20-14-8-15(22-5-4-19-9-22)16(23(26)27)7-12(14)17(24)21-25/h2-9,20,25H,1H3,(H,21,24). The summed E-state index contributed by atoms with van der Waals surface area (Å²) < 4.78 is 2.52. The second kappa shape index (κ2) is 7.72. The van der Waals surface area contributed by atoms with Gasteiger partial charge in [-0.2, -0.15) is 0 Å². The molecule has 0 fully saturated rings. The number of hydroxylamine groups is 1. The minimum Gasteiger partial charge on any atom is -0.355 e. The van der Waals surface area contributed by atoms with Gasteiger partial charge in [0, 0.05) is 27.7 Å². The van der Waals surface area contributed by atoms with Crippen LogP contribution in [0.2, 0.25) is 0 Å². The van der Waals surface area contributed by atoms with Crippen molar-refractivity contribution >= 4 is 45.6 Å². The Labute approximate surface area is 167 Å². The van der Waals surface area contributed by atoms with Gasteiger partial charge in [0.1, 0.15) is 5.69 Å². The number of imidazole rings is 1. The van der Waals surface area contributed by atoms with E-state index in [-0.39, 0.29) is 16.9 Å². The first-order valence-electron chi connectivity index (χ1n) is 7.69. The summed E-state index contributed by atoms with van der Waals surface area (Å²) >= 11 is 2.19. The summed E-state index contributed by atoms with van der Waals surface area (Å²) in [6.45, 7) is 1.90. The molecule has 0 saturated carbocycles. The number of hydrogen-bond acceptors (Lipinski definition) is 6. The third-order valence-electron chi connectivity index (χ3n) is 3.90. The molecule has 3 N–H and O–H groups in total. The highest BCUT2D eigenvalue weighted by atomic mass is 127. The van der Waals surface area contributed by atoms with E-state index in [2.05, 4.69) is 32.9 Å². The molecule has 2 aromatic carbocycles. The molecular formula is C17H14IN5O4. The fourth-order valence-electron chi connectivity index (χ4n) is 2.60. The Morgan fingerprint density at radius 2 is 2.07 bits per heavy atom. The summed E-state index contributed by atoms with van der Waals surface area (Å²) in [5.41, 5.74) is 3.37. The highest BCUT2D eigenvalue weighted by Gasteiger charge is 2.23. The molecule has 0 spiro atoms. The van der Waals surface area contributed by atoms with E-state index in [1.807, 2.05) is 25.1 Å². The molecule has 0 bridgehead atoms. The van der Waals surface area contributed by atoms with Crippen molar-refractivity contribution in [2.45, 2.75) is 6.92 Å². The number of nitrogens with one attached hydrogen (secondary N) is 2. The van der Waals surface area contributed by atoms with E-state index >= 15 is 0 Å². The van der Waals surface area contributed by atoms with E-state index in [1.165, 1.54) is 28.6 Å². The topological polar surface area (TPSA) is 122 Å². The molecule has 1 heterocycles. The van der Waals surface area contributed by atoms with Crippen LogP contribution in [0.15, 0.2) is 49.1 Å². The number of hydrogen-bond donors (Lipinski definition) is 3. The van der Waals surface area contributed by atoms with E-state index < -0.39 is 10.8 Å². The van der Waals surface area contributed by atoms with Crippen LogP contribution in [0.4, 0.5) is 17.1 Å². The van der Waals surface area contributed by atoms with Gasteiger partial charge in [0.15, 0.2) is 0 Å². The lowest BCUT2D eigenvalue weighted by Crippen LogP contribution is -2.20. The van der Waals surface area contributed by atoms with E-state index in [1.54, 1.807) is 6.20 Å². The van der Waals surface area contributed by atoms with E-state index in [0.29, 0.717) is 5.69 Å². The molecule has 0 aliphatic rings. The Balaban J connectivity index is 2.19. The van der Waals surface area contributed by atoms with Crippen LogP contribution in [-0.4, -0.2) is 25.6 Å².